The van der Waals surface area contributed by atoms with Gasteiger partial charge in [-0.3, -0.25) is 4.79 Å². The average Bonchev–Trinajstić information content (AvgIpc) is 2.67. The normalized spacial score (nSPS) is 12.1. The van der Waals surface area contributed by atoms with Crippen LogP contribution in [0.2, 0.25) is 0 Å². The SMILES string of the molecule is COc1ccc2c(c1O)COc1c-2oc2c(OC)c(OC)ccc2c1=O. The van der Waals surface area contributed by atoms with E-state index in [-0.39, 0.29) is 34.9 Å². The van der Waals surface area contributed by atoms with Gasteiger partial charge in [-0.25, -0.2) is 0 Å². The fourth-order valence-corrected chi connectivity index (χ4v) is 3.14. The van der Waals surface area contributed by atoms with E-state index < -0.39 is 0 Å². The number of fused-ring (bicyclic) bond motifs is 4. The zero-order valence-electron chi connectivity index (χ0n) is 14.4. The van der Waals surface area contributed by atoms with E-state index in [0.717, 1.165) is 0 Å². The molecule has 4 rings (SSSR count). The summed E-state index contributed by atoms with van der Waals surface area (Å²) < 4.78 is 27.4. The number of aromatic hydroxyl groups is 1. The maximum Gasteiger partial charge on any atom is 0.235 e. The number of hydrogen-bond donors (Lipinski definition) is 1. The Hall–Kier alpha value is -3.35. The van der Waals surface area contributed by atoms with E-state index in [1.54, 1.807) is 24.3 Å². The maximum absolute atomic E-state index is 12.9. The van der Waals surface area contributed by atoms with Gasteiger partial charge in [-0.2, -0.15) is 0 Å². The fourth-order valence-electron chi connectivity index (χ4n) is 3.14. The average molecular weight is 356 g/mol. The molecular formula is C19H16O7. The molecule has 1 N–H and O–H groups in total. The summed E-state index contributed by atoms with van der Waals surface area (Å²) in [4.78, 5) is 12.9. The van der Waals surface area contributed by atoms with Gasteiger partial charge in [0.05, 0.1) is 26.7 Å². The topological polar surface area (TPSA) is 87.4 Å². The van der Waals surface area contributed by atoms with Gasteiger partial charge in [0.2, 0.25) is 16.9 Å². The second-order valence-corrected chi connectivity index (χ2v) is 5.70. The van der Waals surface area contributed by atoms with Gasteiger partial charge < -0.3 is 28.5 Å². The first-order valence-electron chi connectivity index (χ1n) is 7.84. The number of methoxy groups -OCH3 is 3. The lowest BCUT2D eigenvalue weighted by Crippen LogP contribution is -2.15. The molecule has 26 heavy (non-hydrogen) atoms. The molecule has 0 radical (unpaired) electrons. The minimum Gasteiger partial charge on any atom is -0.504 e. The molecule has 0 aliphatic carbocycles. The van der Waals surface area contributed by atoms with E-state index in [1.807, 2.05) is 0 Å². The molecule has 0 fully saturated rings. The molecule has 1 aromatic heterocycles. The van der Waals surface area contributed by atoms with Gasteiger partial charge in [-0.05, 0) is 24.3 Å². The predicted octanol–water partition coefficient (Wildman–Crippen LogP) is 3.08. The maximum atomic E-state index is 12.9. The van der Waals surface area contributed by atoms with Crippen LogP contribution in [0.5, 0.6) is 28.7 Å². The van der Waals surface area contributed by atoms with E-state index in [1.165, 1.54) is 21.3 Å². The molecule has 0 unspecified atom stereocenters. The first-order chi connectivity index (χ1) is 12.6. The summed E-state index contributed by atoms with van der Waals surface area (Å²) in [6.07, 6.45) is 0. The third-order valence-corrected chi connectivity index (χ3v) is 4.43. The second-order valence-electron chi connectivity index (χ2n) is 5.70. The molecule has 0 spiro atoms. The van der Waals surface area contributed by atoms with Crippen molar-refractivity contribution in [3.05, 3.63) is 40.1 Å². The summed E-state index contributed by atoms with van der Waals surface area (Å²) in [6.45, 7) is 0.0366. The molecular weight excluding hydrogens is 340 g/mol. The highest BCUT2D eigenvalue weighted by Gasteiger charge is 2.29. The third kappa shape index (κ3) is 2.10. The van der Waals surface area contributed by atoms with Crippen LogP contribution < -0.4 is 24.4 Å². The van der Waals surface area contributed by atoms with Crippen molar-refractivity contribution in [1.82, 2.24) is 0 Å². The summed E-state index contributed by atoms with van der Waals surface area (Å²) in [5.74, 6) is 1.36. The van der Waals surface area contributed by atoms with Gasteiger partial charge >= 0.3 is 0 Å². The van der Waals surface area contributed by atoms with Crippen LogP contribution in [0.3, 0.4) is 0 Å². The van der Waals surface area contributed by atoms with Crippen molar-refractivity contribution < 1.29 is 28.5 Å². The van der Waals surface area contributed by atoms with Crippen LogP contribution >= 0.6 is 0 Å². The molecule has 3 aromatic rings. The van der Waals surface area contributed by atoms with Gasteiger partial charge in [-0.1, -0.05) is 0 Å². The van der Waals surface area contributed by atoms with E-state index in [4.69, 9.17) is 23.4 Å². The standard InChI is InChI=1S/C19H16O7/c1-22-12-6-4-9-11(14(12)20)8-25-19-15(21)10-5-7-13(23-2)18(24-3)17(10)26-16(9)19/h4-7,20H,8H2,1-3H3. The summed E-state index contributed by atoms with van der Waals surface area (Å²) in [5.41, 5.74) is 0.986. The summed E-state index contributed by atoms with van der Waals surface area (Å²) >= 11 is 0. The lowest BCUT2D eigenvalue weighted by Gasteiger charge is -2.21. The van der Waals surface area contributed by atoms with Crippen LogP contribution in [0, 0.1) is 0 Å². The Morgan fingerprint density at radius 1 is 1.00 bits per heavy atom. The molecule has 134 valence electrons. The highest BCUT2D eigenvalue weighted by atomic mass is 16.5. The number of hydrogen-bond acceptors (Lipinski definition) is 7. The molecule has 0 saturated heterocycles. The second kappa shape index (κ2) is 5.87. The van der Waals surface area contributed by atoms with E-state index in [0.29, 0.717) is 33.8 Å². The summed E-state index contributed by atoms with van der Waals surface area (Å²) in [6, 6.07) is 6.57. The molecule has 1 aliphatic heterocycles. The number of benzene rings is 2. The zero-order valence-corrected chi connectivity index (χ0v) is 14.4. The van der Waals surface area contributed by atoms with E-state index >= 15 is 0 Å². The van der Waals surface area contributed by atoms with Crippen molar-refractivity contribution >= 4 is 11.0 Å². The molecule has 2 aromatic carbocycles. The highest BCUT2D eigenvalue weighted by molar-refractivity contribution is 5.89. The van der Waals surface area contributed by atoms with Crippen molar-refractivity contribution in [2.45, 2.75) is 6.61 Å². The van der Waals surface area contributed by atoms with Crippen LogP contribution in [0.4, 0.5) is 0 Å². The Balaban J connectivity index is 2.08. The predicted molar refractivity (Wildman–Crippen MR) is 93.6 cm³/mol. The van der Waals surface area contributed by atoms with Crippen LogP contribution in [-0.2, 0) is 6.61 Å². The minimum atomic E-state index is -0.317. The molecule has 0 atom stereocenters. The molecule has 2 heterocycles. The number of ether oxygens (including phenoxy) is 4. The van der Waals surface area contributed by atoms with Crippen molar-refractivity contribution in [1.29, 1.82) is 0 Å². The van der Waals surface area contributed by atoms with Crippen molar-refractivity contribution in [3.63, 3.8) is 0 Å². The van der Waals surface area contributed by atoms with Crippen LogP contribution in [-0.4, -0.2) is 26.4 Å². The van der Waals surface area contributed by atoms with Crippen LogP contribution in [0.15, 0.2) is 33.5 Å². The van der Waals surface area contributed by atoms with Gasteiger partial charge in [0, 0.05) is 11.1 Å². The number of phenolic OH excluding ortho intramolecular Hbond substituents is 1. The lowest BCUT2D eigenvalue weighted by atomic mass is 10.00. The zero-order chi connectivity index (χ0) is 18.4. The number of rotatable bonds is 3. The molecule has 7 heteroatoms. The monoisotopic (exact) mass is 356 g/mol. The minimum absolute atomic E-state index is 0.0366. The summed E-state index contributed by atoms with van der Waals surface area (Å²) in [5, 5.41) is 10.7. The van der Waals surface area contributed by atoms with Crippen LogP contribution in [0.1, 0.15) is 5.56 Å². The Morgan fingerprint density at radius 2 is 1.73 bits per heavy atom. The lowest BCUT2D eigenvalue weighted by molar-refractivity contribution is 0.279. The third-order valence-electron chi connectivity index (χ3n) is 4.43. The van der Waals surface area contributed by atoms with Crippen LogP contribution in [0.25, 0.3) is 22.3 Å². The van der Waals surface area contributed by atoms with Crippen molar-refractivity contribution in [3.8, 4) is 40.1 Å². The van der Waals surface area contributed by atoms with Crippen molar-refractivity contribution in [2.24, 2.45) is 0 Å². The Kier molecular flexibility index (Phi) is 3.64. The Morgan fingerprint density at radius 3 is 2.42 bits per heavy atom. The van der Waals surface area contributed by atoms with E-state index in [2.05, 4.69) is 0 Å². The van der Waals surface area contributed by atoms with Crippen molar-refractivity contribution in [2.75, 3.05) is 21.3 Å². The van der Waals surface area contributed by atoms with Gasteiger partial charge in [0.25, 0.3) is 0 Å². The van der Waals surface area contributed by atoms with Gasteiger partial charge in [-0.15, -0.1) is 0 Å². The summed E-state index contributed by atoms with van der Waals surface area (Å²) in [7, 11) is 4.44. The van der Waals surface area contributed by atoms with E-state index in [9.17, 15) is 9.90 Å². The Labute approximate surface area is 148 Å². The largest absolute Gasteiger partial charge is 0.504 e. The number of phenols is 1. The highest BCUT2D eigenvalue weighted by Crippen LogP contribution is 2.45. The molecule has 7 nitrogen and oxygen atoms in total. The molecule has 0 amide bonds. The first kappa shape index (κ1) is 16.1. The first-order valence-corrected chi connectivity index (χ1v) is 7.84. The smallest absolute Gasteiger partial charge is 0.235 e. The molecule has 1 aliphatic rings. The molecule has 0 bridgehead atoms. The quantitative estimate of drug-likeness (QED) is 0.771. The van der Waals surface area contributed by atoms with Gasteiger partial charge in [0.15, 0.2) is 28.6 Å². The van der Waals surface area contributed by atoms with Gasteiger partial charge in [0.1, 0.15) is 6.61 Å². The molecule has 0 saturated carbocycles. The fraction of sp³-hybridized carbons (Fsp3) is 0.211. The Bertz CT molecular complexity index is 1080.